The fraction of sp³-hybridized carbons (Fsp3) is 0.600. The van der Waals surface area contributed by atoms with E-state index < -0.39 is 12.1 Å². The van der Waals surface area contributed by atoms with Crippen molar-refractivity contribution in [2.24, 2.45) is 11.8 Å². The van der Waals surface area contributed by atoms with Gasteiger partial charge in [-0.3, -0.25) is 19.2 Å². The summed E-state index contributed by atoms with van der Waals surface area (Å²) in [5.74, 6) is 0.667. The van der Waals surface area contributed by atoms with Gasteiger partial charge in [-0.05, 0) is 101 Å². The number of carbonyl (C=O) groups is 4. The van der Waals surface area contributed by atoms with Crippen molar-refractivity contribution in [1.29, 1.82) is 0 Å². The van der Waals surface area contributed by atoms with E-state index in [4.69, 9.17) is 4.74 Å². The van der Waals surface area contributed by atoms with Gasteiger partial charge in [-0.25, -0.2) is 0 Å². The van der Waals surface area contributed by atoms with Gasteiger partial charge in [0.25, 0.3) is 0 Å². The zero-order chi connectivity index (χ0) is 36.1. The number of nitrogens with one attached hydrogen (secondary N) is 2. The molecule has 0 fully saturated rings. The smallest absolute Gasteiger partial charge is 0.247 e. The highest BCUT2D eigenvalue weighted by atomic mass is 16.5. The number of ether oxygens (including phenoxy) is 1. The third-order valence-corrected chi connectivity index (χ3v) is 9.10. The fourth-order valence-corrected chi connectivity index (χ4v) is 6.68. The van der Waals surface area contributed by atoms with Gasteiger partial charge < -0.3 is 25.2 Å². The van der Waals surface area contributed by atoms with E-state index in [2.05, 4.69) is 10.6 Å². The second-order valence-corrected chi connectivity index (χ2v) is 14.6. The van der Waals surface area contributed by atoms with Gasteiger partial charge in [0.05, 0.1) is 0 Å². The molecule has 4 amide bonds. The zero-order valence-corrected chi connectivity index (χ0v) is 31.1. The van der Waals surface area contributed by atoms with E-state index in [9.17, 15) is 19.2 Å². The molecule has 0 saturated heterocycles. The summed E-state index contributed by atoms with van der Waals surface area (Å²) in [6, 6.07) is 12.9. The third kappa shape index (κ3) is 11.9. The molecule has 0 aliphatic carbocycles. The molecule has 3 heterocycles. The number of fused-ring (bicyclic) bond motifs is 2. The Morgan fingerprint density at radius 3 is 1.10 bits per heavy atom. The maximum Gasteiger partial charge on any atom is 0.247 e. The van der Waals surface area contributed by atoms with Gasteiger partial charge in [0.1, 0.15) is 23.6 Å². The summed E-state index contributed by atoms with van der Waals surface area (Å²) in [6.45, 7) is 15.8. The first kappa shape index (κ1) is 39.6. The second-order valence-electron chi connectivity index (χ2n) is 14.6. The van der Waals surface area contributed by atoms with Crippen molar-refractivity contribution in [3.8, 4) is 11.5 Å². The quantitative estimate of drug-likeness (QED) is 0.337. The summed E-state index contributed by atoms with van der Waals surface area (Å²) >= 11 is 0. The summed E-state index contributed by atoms with van der Waals surface area (Å²) in [5.41, 5.74) is 1.24. The number of hydrogen-bond acceptors (Lipinski definition) is 5. The van der Waals surface area contributed by atoms with Crippen molar-refractivity contribution < 1.29 is 23.9 Å². The highest BCUT2D eigenvalue weighted by Crippen LogP contribution is 2.27. The first-order valence-corrected chi connectivity index (χ1v) is 18.4. The lowest BCUT2D eigenvalue weighted by atomic mass is 9.98. The minimum Gasteiger partial charge on any atom is -0.457 e. The summed E-state index contributed by atoms with van der Waals surface area (Å²) in [5, 5.41) is 6.03. The topological polar surface area (TPSA) is 108 Å². The predicted molar refractivity (Wildman–Crippen MR) is 198 cm³/mol. The van der Waals surface area contributed by atoms with E-state index in [1.807, 2.05) is 55.4 Å². The molecule has 5 rings (SSSR count). The molecule has 2 atom stereocenters. The Kier molecular flexibility index (Phi) is 15.6. The molecule has 0 saturated carbocycles. The van der Waals surface area contributed by atoms with Crippen molar-refractivity contribution in [3.05, 3.63) is 48.5 Å². The van der Waals surface area contributed by atoms with E-state index >= 15 is 0 Å². The molecule has 0 spiro atoms. The van der Waals surface area contributed by atoms with Crippen LogP contribution in [-0.2, 0) is 19.2 Å². The third-order valence-electron chi connectivity index (χ3n) is 9.10. The first-order valence-electron chi connectivity index (χ1n) is 18.4. The normalized spacial score (nSPS) is 20.3. The van der Waals surface area contributed by atoms with Crippen LogP contribution in [0.1, 0.15) is 120 Å². The van der Waals surface area contributed by atoms with E-state index in [0.29, 0.717) is 35.7 Å². The molecule has 3 aliphatic rings. The van der Waals surface area contributed by atoms with Gasteiger partial charge in [-0.2, -0.15) is 0 Å². The molecule has 2 aromatic carbocycles. The van der Waals surface area contributed by atoms with E-state index in [1.54, 1.807) is 58.3 Å². The molecule has 2 aromatic rings. The molecule has 9 nitrogen and oxygen atoms in total. The summed E-state index contributed by atoms with van der Waals surface area (Å²) < 4.78 is 6.04. The largest absolute Gasteiger partial charge is 0.457 e. The molecule has 0 radical (unpaired) electrons. The summed E-state index contributed by atoms with van der Waals surface area (Å²) in [7, 11) is 0. The molecular weight excluding hydrogens is 616 g/mol. The summed E-state index contributed by atoms with van der Waals surface area (Å²) in [6.07, 6.45) is 8.65. The van der Waals surface area contributed by atoms with Crippen LogP contribution < -0.4 is 15.4 Å². The average Bonchev–Trinajstić information content (AvgIpc) is 3.03. The number of carbonyl (C=O) groups excluding carboxylic acids is 4. The van der Waals surface area contributed by atoms with Crippen LogP contribution in [0.4, 0.5) is 11.4 Å². The van der Waals surface area contributed by atoms with E-state index in [1.165, 1.54) is 0 Å². The van der Waals surface area contributed by atoms with Crippen LogP contribution in [0.5, 0.6) is 11.5 Å². The lowest BCUT2D eigenvalue weighted by molar-refractivity contribution is -0.142. The van der Waals surface area contributed by atoms with Crippen LogP contribution in [0.25, 0.3) is 0 Å². The van der Waals surface area contributed by atoms with Crippen molar-refractivity contribution in [2.45, 2.75) is 144 Å². The second kappa shape index (κ2) is 19.3. The maximum absolute atomic E-state index is 13.6. The average molecular weight is 677 g/mol. The van der Waals surface area contributed by atoms with Gasteiger partial charge in [-0.1, -0.05) is 66.2 Å². The highest BCUT2D eigenvalue weighted by Gasteiger charge is 2.35. The van der Waals surface area contributed by atoms with Gasteiger partial charge in [0.2, 0.25) is 23.6 Å². The summed E-state index contributed by atoms with van der Waals surface area (Å²) in [4.78, 5) is 57.6. The number of hydrogen-bond donors (Lipinski definition) is 2. The van der Waals surface area contributed by atoms with E-state index in [-0.39, 0.29) is 47.5 Å². The van der Waals surface area contributed by atoms with Crippen molar-refractivity contribution >= 4 is 35.0 Å². The number of benzene rings is 2. The Bertz CT molecular complexity index is 1250. The first-order chi connectivity index (χ1) is 23.3. The van der Waals surface area contributed by atoms with Crippen molar-refractivity contribution in [3.63, 3.8) is 0 Å². The molecule has 2 N–H and O–H groups in total. The minimum atomic E-state index is -0.589. The maximum atomic E-state index is 13.6. The van der Waals surface area contributed by atoms with E-state index in [0.717, 1.165) is 51.4 Å². The molecule has 3 aliphatic heterocycles. The Hall–Kier alpha value is -3.88. The van der Waals surface area contributed by atoms with Gasteiger partial charge >= 0.3 is 0 Å². The van der Waals surface area contributed by atoms with Gasteiger partial charge in [-0.15, -0.1) is 0 Å². The molecule has 9 heteroatoms. The number of anilines is 2. The van der Waals surface area contributed by atoms with Crippen molar-refractivity contribution in [2.75, 3.05) is 10.6 Å². The molecule has 2 unspecified atom stereocenters. The van der Waals surface area contributed by atoms with Gasteiger partial charge in [0, 0.05) is 36.3 Å². The SMILES string of the molecule is CC(C)C1C(=O)Nc2ccc(cc2)Oc2ccc(cc2)NC(=O)C(C(C)C)N(C(C)C)C(=O)CCCCCCCCCCC(=O)N1C(C)C. The molecule has 4 bridgehead atoms. The number of amides is 4. The Morgan fingerprint density at radius 1 is 0.510 bits per heavy atom. The zero-order valence-electron chi connectivity index (χ0n) is 31.1. The highest BCUT2D eigenvalue weighted by molar-refractivity contribution is 5.98. The Labute approximate surface area is 294 Å². The van der Waals surface area contributed by atoms with Crippen molar-refractivity contribution in [1.82, 2.24) is 9.80 Å². The Morgan fingerprint density at radius 2 is 0.816 bits per heavy atom. The van der Waals surface area contributed by atoms with Crippen LogP contribution in [0.2, 0.25) is 0 Å². The predicted octanol–water partition coefficient (Wildman–Crippen LogP) is 8.79. The Balaban J connectivity index is 1.82. The standard InChI is InChI=1S/C40H60N4O5/c1-27(2)37-39(47)41-31-19-23-33(24-20-31)49-34-25-21-32(22-26-34)42-40(48)38(28(3)4)44(30(7)8)36(46)18-16-14-12-10-9-11-13-15-17-35(45)43(37)29(5)6/h19-30,37-38H,9-18H2,1-8H3,(H,41,47)(H,42,48). The monoisotopic (exact) mass is 676 g/mol. The minimum absolute atomic E-state index is 0.0132. The van der Waals surface area contributed by atoms with Crippen LogP contribution >= 0.6 is 0 Å². The molecule has 0 aromatic heterocycles. The lowest BCUT2D eigenvalue weighted by Crippen LogP contribution is -2.53. The van der Waals surface area contributed by atoms with Crippen LogP contribution in [0.3, 0.4) is 0 Å². The lowest BCUT2D eigenvalue weighted by Gasteiger charge is -2.36. The van der Waals surface area contributed by atoms with Crippen LogP contribution in [0.15, 0.2) is 48.5 Å². The molecular formula is C40H60N4O5. The van der Waals surface area contributed by atoms with Crippen LogP contribution in [0, 0.1) is 11.8 Å². The van der Waals surface area contributed by atoms with Gasteiger partial charge in [0.15, 0.2) is 0 Å². The van der Waals surface area contributed by atoms with Crippen LogP contribution in [-0.4, -0.2) is 57.6 Å². The molecule has 270 valence electrons. The fourth-order valence-electron chi connectivity index (χ4n) is 6.68. The molecule has 49 heavy (non-hydrogen) atoms. The number of rotatable bonds is 4. The number of nitrogens with zero attached hydrogens (tertiary/aromatic N) is 2.